The first-order valence-corrected chi connectivity index (χ1v) is 21.8. The van der Waals surface area contributed by atoms with Crippen molar-refractivity contribution in [2.45, 2.75) is 136 Å². The van der Waals surface area contributed by atoms with Gasteiger partial charge in [0.25, 0.3) is 0 Å². The normalized spacial score (nSPS) is 14.6. The number of carbonyl (C=O) groups excluding carboxylic acids is 2. The molecule has 0 radical (unpaired) electrons. The molecule has 9 nitrogen and oxygen atoms in total. The van der Waals surface area contributed by atoms with E-state index in [2.05, 4.69) is 98.9 Å². The molecule has 0 saturated heterocycles. The number of rotatable bonds is 35. The van der Waals surface area contributed by atoms with Crippen molar-refractivity contribution in [3.8, 4) is 0 Å². The van der Waals surface area contributed by atoms with E-state index in [1.807, 2.05) is 21.1 Å². The summed E-state index contributed by atoms with van der Waals surface area (Å²) in [6.07, 6.45) is 44.9. The molecule has 0 aromatic heterocycles. The standard InChI is InChI=1S/C44H74NO8P/c1-6-8-10-12-14-16-18-20-22-24-26-28-30-32-34-36-43(46)50-40-42(41-52-54(48,49)51-39-38-45(3,4)5)53-44(47)37-35-33-31-29-27-25-23-21-19-17-15-13-11-9-7-2/h8-11,14-17,20-23,27,29,42H,6-7,12-13,18-19,24-26,28,30-41H2,1-5H3/p+1/b10-8-,11-9-,16-14-,17-15-,22-20-,23-21-,29-27-. The Hall–Kier alpha value is -2.81. The third-order valence-corrected chi connectivity index (χ3v) is 8.90. The van der Waals surface area contributed by atoms with Gasteiger partial charge in [0.15, 0.2) is 6.10 Å². The Balaban J connectivity index is 4.53. The molecule has 0 bridgehead atoms. The third-order valence-electron chi connectivity index (χ3n) is 7.92. The molecule has 308 valence electrons. The van der Waals surface area contributed by atoms with Gasteiger partial charge in [-0.25, -0.2) is 4.57 Å². The SMILES string of the molecule is CC/C=C\C/C=C\C/C=C\C/C=C\CCCCC(=O)OC(COC(=O)CCCCCCC/C=C\C/C=C\C/C=C\CC)COP(=O)(O)OCC[N+](C)(C)C. The molecule has 0 rings (SSSR count). The van der Waals surface area contributed by atoms with Crippen molar-refractivity contribution in [3.63, 3.8) is 0 Å². The van der Waals surface area contributed by atoms with Crippen LogP contribution in [0, 0.1) is 0 Å². The number of phosphoric acid groups is 1. The first kappa shape index (κ1) is 51.2. The average molecular weight is 777 g/mol. The Bertz CT molecular complexity index is 1200. The third kappa shape index (κ3) is 38.9. The van der Waals surface area contributed by atoms with Gasteiger partial charge in [-0.3, -0.25) is 18.6 Å². The number of nitrogens with zero attached hydrogens (tertiary/aromatic N) is 1. The number of likely N-dealkylation sites (N-methyl/N-ethyl adjacent to an activating group) is 1. The molecule has 0 spiro atoms. The predicted octanol–water partition coefficient (Wildman–Crippen LogP) is 11.2. The van der Waals surface area contributed by atoms with Crippen molar-refractivity contribution in [1.29, 1.82) is 0 Å². The zero-order valence-electron chi connectivity index (χ0n) is 34.4. The van der Waals surface area contributed by atoms with E-state index in [1.54, 1.807) is 0 Å². The zero-order chi connectivity index (χ0) is 40.0. The van der Waals surface area contributed by atoms with Crippen LogP contribution in [0.25, 0.3) is 0 Å². The second-order valence-corrected chi connectivity index (χ2v) is 15.7. The van der Waals surface area contributed by atoms with E-state index in [9.17, 15) is 19.0 Å². The minimum absolute atomic E-state index is 0.0156. The molecule has 0 aliphatic rings. The van der Waals surface area contributed by atoms with Crippen molar-refractivity contribution in [2.24, 2.45) is 0 Å². The second kappa shape index (κ2) is 35.9. The van der Waals surface area contributed by atoms with Gasteiger partial charge >= 0.3 is 19.8 Å². The quantitative estimate of drug-likeness (QED) is 0.0223. The van der Waals surface area contributed by atoms with Gasteiger partial charge in [0, 0.05) is 12.8 Å². The van der Waals surface area contributed by atoms with E-state index in [1.165, 1.54) is 0 Å². The fourth-order valence-electron chi connectivity index (χ4n) is 4.78. The summed E-state index contributed by atoms with van der Waals surface area (Å²) in [5, 5.41) is 0. The van der Waals surface area contributed by atoms with Crippen molar-refractivity contribution >= 4 is 19.8 Å². The van der Waals surface area contributed by atoms with E-state index in [0.717, 1.165) is 89.9 Å². The summed E-state index contributed by atoms with van der Waals surface area (Å²) in [6.45, 7) is 4.09. The van der Waals surface area contributed by atoms with Crippen LogP contribution >= 0.6 is 7.82 Å². The molecule has 2 unspecified atom stereocenters. The molecule has 54 heavy (non-hydrogen) atoms. The van der Waals surface area contributed by atoms with Crippen LogP contribution < -0.4 is 0 Å². The van der Waals surface area contributed by atoms with Crippen molar-refractivity contribution in [3.05, 3.63) is 85.1 Å². The number of hydrogen-bond acceptors (Lipinski definition) is 7. The van der Waals surface area contributed by atoms with Gasteiger partial charge in [0.2, 0.25) is 0 Å². The molecule has 0 amide bonds. The molecule has 2 atom stereocenters. The molecule has 10 heteroatoms. The fraction of sp³-hybridized carbons (Fsp3) is 0.636. The van der Waals surface area contributed by atoms with Crippen LogP contribution in [0.15, 0.2) is 85.1 Å². The van der Waals surface area contributed by atoms with Crippen molar-refractivity contribution in [1.82, 2.24) is 0 Å². The molecule has 1 N–H and O–H groups in total. The Labute approximate surface area is 329 Å². The van der Waals surface area contributed by atoms with Crippen LogP contribution in [-0.2, 0) is 32.7 Å². The van der Waals surface area contributed by atoms with Gasteiger partial charge in [-0.15, -0.1) is 0 Å². The van der Waals surface area contributed by atoms with E-state index in [-0.39, 0.29) is 26.1 Å². The van der Waals surface area contributed by atoms with E-state index in [0.29, 0.717) is 23.9 Å². The smallest absolute Gasteiger partial charge is 0.462 e. The molecule has 0 aliphatic carbocycles. The summed E-state index contributed by atoms with van der Waals surface area (Å²) in [6, 6.07) is 0. The summed E-state index contributed by atoms with van der Waals surface area (Å²) in [7, 11) is 1.42. The highest BCUT2D eigenvalue weighted by atomic mass is 31.2. The summed E-state index contributed by atoms with van der Waals surface area (Å²) < 4.78 is 34.2. The topological polar surface area (TPSA) is 108 Å². The highest BCUT2D eigenvalue weighted by Crippen LogP contribution is 2.43. The van der Waals surface area contributed by atoms with Gasteiger partial charge in [0.05, 0.1) is 27.7 Å². The van der Waals surface area contributed by atoms with E-state index < -0.39 is 32.5 Å². The number of quaternary nitrogens is 1. The highest BCUT2D eigenvalue weighted by Gasteiger charge is 2.27. The number of unbranched alkanes of at least 4 members (excludes halogenated alkanes) is 7. The zero-order valence-corrected chi connectivity index (χ0v) is 35.3. The average Bonchev–Trinajstić information content (AvgIpc) is 3.12. The minimum atomic E-state index is -4.39. The van der Waals surface area contributed by atoms with E-state index in [4.69, 9.17) is 18.5 Å². The molecule has 0 heterocycles. The number of phosphoric ester groups is 1. The van der Waals surface area contributed by atoms with Gasteiger partial charge in [-0.2, -0.15) is 0 Å². The summed E-state index contributed by atoms with van der Waals surface area (Å²) in [4.78, 5) is 35.3. The highest BCUT2D eigenvalue weighted by molar-refractivity contribution is 7.47. The number of hydrogen-bond donors (Lipinski definition) is 1. The minimum Gasteiger partial charge on any atom is -0.462 e. The Morgan fingerprint density at radius 1 is 0.574 bits per heavy atom. The Morgan fingerprint density at radius 2 is 1.00 bits per heavy atom. The number of ether oxygens (including phenoxy) is 2. The lowest BCUT2D eigenvalue weighted by Gasteiger charge is -2.24. The molecule has 0 saturated carbocycles. The van der Waals surface area contributed by atoms with Crippen LogP contribution in [0.5, 0.6) is 0 Å². The van der Waals surface area contributed by atoms with Gasteiger partial charge < -0.3 is 18.9 Å². The molecule has 0 aromatic carbocycles. The summed E-state index contributed by atoms with van der Waals surface area (Å²) >= 11 is 0. The molecule has 0 aliphatic heterocycles. The first-order chi connectivity index (χ1) is 26.0. The summed E-state index contributed by atoms with van der Waals surface area (Å²) in [5.74, 6) is -0.879. The molecule has 0 aromatic rings. The van der Waals surface area contributed by atoms with Crippen LogP contribution in [0.4, 0.5) is 0 Å². The van der Waals surface area contributed by atoms with Crippen LogP contribution in [0.2, 0.25) is 0 Å². The van der Waals surface area contributed by atoms with Gasteiger partial charge in [-0.1, -0.05) is 118 Å². The largest absolute Gasteiger partial charge is 0.472 e. The Kier molecular flexibility index (Phi) is 34.0. The number of allylic oxidation sites excluding steroid dienone is 14. The van der Waals surface area contributed by atoms with Crippen LogP contribution in [-0.4, -0.2) is 74.9 Å². The van der Waals surface area contributed by atoms with Crippen LogP contribution in [0.1, 0.15) is 129 Å². The lowest BCUT2D eigenvalue weighted by molar-refractivity contribution is -0.870. The maximum atomic E-state index is 12.6. The Morgan fingerprint density at radius 3 is 1.52 bits per heavy atom. The molecular weight excluding hydrogens is 701 g/mol. The first-order valence-electron chi connectivity index (χ1n) is 20.3. The predicted molar refractivity (Wildman–Crippen MR) is 224 cm³/mol. The maximum Gasteiger partial charge on any atom is 0.472 e. The number of carbonyl (C=O) groups is 2. The molecular formula is C44H75NO8P+. The van der Waals surface area contributed by atoms with E-state index >= 15 is 0 Å². The number of esters is 2. The molecule has 0 fully saturated rings. The fourth-order valence-corrected chi connectivity index (χ4v) is 5.52. The second-order valence-electron chi connectivity index (χ2n) is 14.3. The van der Waals surface area contributed by atoms with Gasteiger partial charge in [0.1, 0.15) is 19.8 Å². The van der Waals surface area contributed by atoms with Crippen molar-refractivity contribution in [2.75, 3.05) is 47.5 Å². The lowest BCUT2D eigenvalue weighted by atomic mass is 10.1. The summed E-state index contributed by atoms with van der Waals surface area (Å²) in [5.41, 5.74) is 0. The monoisotopic (exact) mass is 777 g/mol. The lowest BCUT2D eigenvalue weighted by Crippen LogP contribution is -2.37. The van der Waals surface area contributed by atoms with Gasteiger partial charge in [-0.05, 0) is 83.5 Å². The maximum absolute atomic E-state index is 12.6. The van der Waals surface area contributed by atoms with Crippen LogP contribution in [0.3, 0.4) is 0 Å². The van der Waals surface area contributed by atoms with Crippen molar-refractivity contribution < 1.29 is 42.1 Å².